The van der Waals surface area contributed by atoms with Gasteiger partial charge >= 0.3 is 0 Å². The van der Waals surface area contributed by atoms with Crippen molar-refractivity contribution in [3.63, 3.8) is 0 Å². The van der Waals surface area contributed by atoms with E-state index < -0.39 is 18.0 Å². The summed E-state index contributed by atoms with van der Waals surface area (Å²) in [7, 11) is 0. The lowest BCUT2D eigenvalue weighted by Gasteiger charge is -2.39. The maximum atomic E-state index is 13.9. The molecular formula is C26H31FN2O5. The summed E-state index contributed by atoms with van der Waals surface area (Å²) in [5, 5.41) is 20.3. The number of hydrogen-bond donors (Lipinski definition) is 2. The zero-order valence-corrected chi connectivity index (χ0v) is 19.2. The van der Waals surface area contributed by atoms with Crippen molar-refractivity contribution in [1.82, 2.24) is 9.80 Å². The highest BCUT2D eigenvalue weighted by atomic mass is 19.1. The quantitative estimate of drug-likeness (QED) is 0.674. The molecule has 2 N–H and O–H groups in total. The van der Waals surface area contributed by atoms with E-state index in [4.69, 9.17) is 9.47 Å². The molecule has 34 heavy (non-hydrogen) atoms. The van der Waals surface area contributed by atoms with Gasteiger partial charge in [-0.3, -0.25) is 4.79 Å². The van der Waals surface area contributed by atoms with Crippen LogP contribution in [0.5, 0.6) is 11.5 Å². The van der Waals surface area contributed by atoms with Crippen LogP contribution in [0, 0.1) is 5.82 Å². The Morgan fingerprint density at radius 2 is 2.00 bits per heavy atom. The predicted octanol–water partition coefficient (Wildman–Crippen LogP) is 2.24. The molecule has 8 heteroatoms. The number of aliphatic hydroxyl groups is 2. The van der Waals surface area contributed by atoms with E-state index in [0.717, 1.165) is 38.1 Å². The second-order valence-corrected chi connectivity index (χ2v) is 9.67. The molecule has 1 amide bonds. The van der Waals surface area contributed by atoms with Crippen molar-refractivity contribution in [2.45, 2.75) is 43.5 Å². The van der Waals surface area contributed by atoms with Gasteiger partial charge in [-0.2, -0.15) is 0 Å². The van der Waals surface area contributed by atoms with E-state index in [1.807, 2.05) is 18.2 Å². The van der Waals surface area contributed by atoms with E-state index in [9.17, 15) is 19.4 Å². The maximum Gasteiger partial charge on any atom is 0.257 e. The Balaban J connectivity index is 1.13. The Labute approximate surface area is 198 Å². The van der Waals surface area contributed by atoms with E-state index in [1.165, 1.54) is 28.7 Å². The Hall–Kier alpha value is -2.68. The molecule has 7 nitrogen and oxygen atoms in total. The van der Waals surface area contributed by atoms with Crippen LogP contribution in [0.1, 0.15) is 35.2 Å². The molecule has 3 heterocycles. The number of β-amino-alcohol motifs (C(OH)–C–C–N with tert-alkyl or cyclic N) is 2. The molecule has 2 atom stereocenters. The number of piperidine rings is 1. The number of likely N-dealkylation sites (tertiary alicyclic amines) is 2. The van der Waals surface area contributed by atoms with Crippen molar-refractivity contribution >= 4 is 5.91 Å². The van der Waals surface area contributed by atoms with Gasteiger partial charge in [0.25, 0.3) is 5.91 Å². The summed E-state index contributed by atoms with van der Waals surface area (Å²) in [6, 6.07) is 12.0. The third-order valence-electron chi connectivity index (χ3n) is 7.10. The number of ether oxygens (including phenoxy) is 2. The molecule has 5 rings (SSSR count). The Morgan fingerprint density at radius 1 is 1.21 bits per heavy atom. The molecule has 1 spiro atoms. The normalized spacial score (nSPS) is 22.4. The Morgan fingerprint density at radius 3 is 2.74 bits per heavy atom. The summed E-state index contributed by atoms with van der Waals surface area (Å²) in [5.74, 6) is 0.273. The number of hydrogen-bond acceptors (Lipinski definition) is 6. The number of fused-ring (bicyclic) bond motifs is 1. The van der Waals surface area contributed by atoms with Gasteiger partial charge in [-0.15, -0.1) is 0 Å². The van der Waals surface area contributed by atoms with Crippen LogP contribution in [0.25, 0.3) is 0 Å². The monoisotopic (exact) mass is 470 g/mol. The fraction of sp³-hybridized carbons (Fsp3) is 0.500. The molecule has 2 saturated heterocycles. The van der Waals surface area contributed by atoms with E-state index in [1.54, 1.807) is 0 Å². The smallest absolute Gasteiger partial charge is 0.257 e. The molecule has 0 aromatic heterocycles. The number of rotatable bonds is 6. The molecule has 3 aliphatic rings. The largest absolute Gasteiger partial charge is 0.490 e. The van der Waals surface area contributed by atoms with Crippen LogP contribution in [0.15, 0.2) is 42.5 Å². The molecule has 3 aliphatic heterocycles. The molecule has 2 aromatic rings. The van der Waals surface area contributed by atoms with E-state index >= 15 is 0 Å². The van der Waals surface area contributed by atoms with Crippen LogP contribution in [0.4, 0.5) is 4.39 Å². The Kier molecular flexibility index (Phi) is 6.46. The number of para-hydroxylation sites is 1. The summed E-state index contributed by atoms with van der Waals surface area (Å²) in [5.41, 5.74) is 1.34. The van der Waals surface area contributed by atoms with Gasteiger partial charge in [0.15, 0.2) is 0 Å². The lowest BCUT2D eigenvalue weighted by Crippen LogP contribution is -2.49. The van der Waals surface area contributed by atoms with Crippen molar-refractivity contribution in [2.75, 3.05) is 39.3 Å². The number of aliphatic hydroxyl groups excluding tert-OH is 2. The minimum atomic E-state index is -0.782. The molecule has 2 fully saturated rings. The molecule has 0 radical (unpaired) electrons. The first-order chi connectivity index (χ1) is 16.4. The molecule has 0 aliphatic carbocycles. The van der Waals surface area contributed by atoms with Crippen LogP contribution < -0.4 is 9.47 Å². The van der Waals surface area contributed by atoms with E-state index in [2.05, 4.69) is 11.0 Å². The average molecular weight is 471 g/mol. The number of carbonyl (C=O) groups is 1. The highest BCUT2D eigenvalue weighted by Crippen LogP contribution is 2.40. The van der Waals surface area contributed by atoms with Crippen molar-refractivity contribution in [2.24, 2.45) is 0 Å². The number of benzene rings is 2. The topological polar surface area (TPSA) is 82.5 Å². The summed E-state index contributed by atoms with van der Waals surface area (Å²) >= 11 is 0. The zero-order chi connectivity index (χ0) is 23.7. The second-order valence-electron chi connectivity index (χ2n) is 9.67. The maximum absolute atomic E-state index is 13.9. The summed E-state index contributed by atoms with van der Waals surface area (Å²) < 4.78 is 25.9. The van der Waals surface area contributed by atoms with E-state index in [-0.39, 0.29) is 36.0 Å². The van der Waals surface area contributed by atoms with Crippen molar-refractivity contribution < 1.29 is 28.9 Å². The predicted molar refractivity (Wildman–Crippen MR) is 124 cm³/mol. The second kappa shape index (κ2) is 9.52. The third kappa shape index (κ3) is 4.89. The van der Waals surface area contributed by atoms with Crippen molar-refractivity contribution in [3.05, 3.63) is 59.4 Å². The standard InChI is InChI=1S/C26H31FN2O5/c27-19-5-6-22(25(32)29-10-7-20(30)16-29)24(13-19)33-17-21(31)15-28-11-8-26(9-12-28)14-18-3-1-2-4-23(18)34-26/h1-6,13,20-21,30-31H,7-12,14-17H2/t20-,21-/m0/s1. The van der Waals surface area contributed by atoms with Crippen molar-refractivity contribution in [1.29, 1.82) is 0 Å². The van der Waals surface area contributed by atoms with Gasteiger partial charge < -0.3 is 29.5 Å². The Bertz CT molecular complexity index is 1010. The van der Waals surface area contributed by atoms with E-state index in [0.29, 0.717) is 19.5 Å². The molecule has 0 unspecified atom stereocenters. The first-order valence-corrected chi connectivity index (χ1v) is 12.0. The highest BCUT2D eigenvalue weighted by molar-refractivity contribution is 5.97. The van der Waals surface area contributed by atoms with Gasteiger partial charge in [-0.1, -0.05) is 18.2 Å². The third-order valence-corrected chi connectivity index (χ3v) is 7.10. The molecule has 0 bridgehead atoms. The lowest BCUT2D eigenvalue weighted by molar-refractivity contribution is -0.00203. The lowest BCUT2D eigenvalue weighted by atomic mass is 9.87. The van der Waals surface area contributed by atoms with Gasteiger partial charge in [-0.05, 0) is 30.2 Å². The first-order valence-electron chi connectivity index (χ1n) is 12.0. The van der Waals surface area contributed by atoms with Gasteiger partial charge in [-0.25, -0.2) is 4.39 Å². The first kappa shape index (κ1) is 23.1. The average Bonchev–Trinajstić information content (AvgIpc) is 3.42. The SMILES string of the molecule is O=C(c1ccc(F)cc1OC[C@@H](O)CN1CCC2(CC1)Cc1ccccc1O2)N1CC[C@H](O)C1. The number of halogens is 1. The minimum absolute atomic E-state index is 0.0457. The van der Waals surface area contributed by atoms with Crippen LogP contribution in [0.2, 0.25) is 0 Å². The molecule has 2 aromatic carbocycles. The summed E-state index contributed by atoms with van der Waals surface area (Å²) in [4.78, 5) is 16.5. The van der Waals surface area contributed by atoms with Crippen LogP contribution in [0.3, 0.4) is 0 Å². The molecule has 182 valence electrons. The molecular weight excluding hydrogens is 439 g/mol. The number of nitrogens with zero attached hydrogens (tertiary/aromatic N) is 2. The van der Waals surface area contributed by atoms with Crippen LogP contribution in [-0.4, -0.2) is 83.1 Å². The van der Waals surface area contributed by atoms with Gasteiger partial charge in [0.05, 0.1) is 11.7 Å². The number of amides is 1. The summed E-state index contributed by atoms with van der Waals surface area (Å²) in [6.45, 7) is 2.71. The molecule has 0 saturated carbocycles. The highest BCUT2D eigenvalue weighted by Gasteiger charge is 2.42. The fourth-order valence-corrected chi connectivity index (χ4v) is 5.21. The van der Waals surface area contributed by atoms with Gasteiger partial charge in [0.1, 0.15) is 35.6 Å². The van der Waals surface area contributed by atoms with Crippen LogP contribution >= 0.6 is 0 Å². The van der Waals surface area contributed by atoms with Gasteiger partial charge in [0, 0.05) is 58.1 Å². The summed E-state index contributed by atoms with van der Waals surface area (Å²) in [6.07, 6.45) is 1.90. The zero-order valence-electron chi connectivity index (χ0n) is 19.2. The van der Waals surface area contributed by atoms with Gasteiger partial charge in [0.2, 0.25) is 0 Å². The number of carbonyl (C=O) groups excluding carboxylic acids is 1. The fourth-order valence-electron chi connectivity index (χ4n) is 5.21. The van der Waals surface area contributed by atoms with Crippen molar-refractivity contribution in [3.8, 4) is 11.5 Å². The van der Waals surface area contributed by atoms with Crippen LogP contribution in [-0.2, 0) is 6.42 Å². The minimum Gasteiger partial charge on any atom is -0.490 e.